The number of nitrogens with zero attached hydrogens (tertiary/aromatic N) is 3. The summed E-state index contributed by atoms with van der Waals surface area (Å²) in [6.07, 6.45) is 5.20. The number of hydrogen-bond donors (Lipinski definition) is 0. The predicted octanol–water partition coefficient (Wildman–Crippen LogP) is 6.10. The van der Waals surface area contributed by atoms with Crippen LogP contribution < -0.4 is 4.74 Å². The molecule has 0 bridgehead atoms. The normalized spacial score (nSPS) is 16.0. The summed E-state index contributed by atoms with van der Waals surface area (Å²) in [4.78, 5) is 23.8. The third-order valence-corrected chi connectivity index (χ3v) is 5.96. The van der Waals surface area contributed by atoms with Crippen molar-refractivity contribution in [2.45, 2.75) is 6.61 Å². The molecule has 0 N–H and O–H groups in total. The first-order chi connectivity index (χ1) is 15.6. The van der Waals surface area contributed by atoms with Gasteiger partial charge in [-0.05, 0) is 53.7 Å². The summed E-state index contributed by atoms with van der Waals surface area (Å²) < 4.78 is 5.83. The maximum absolute atomic E-state index is 12.9. The lowest BCUT2D eigenvalue weighted by Gasteiger charge is -2.12. The van der Waals surface area contributed by atoms with Gasteiger partial charge in [-0.2, -0.15) is 0 Å². The molecule has 4 rings (SSSR count). The first-order valence-corrected chi connectivity index (χ1v) is 11.1. The molecule has 1 amide bonds. The van der Waals surface area contributed by atoms with Crippen LogP contribution in [0.3, 0.4) is 0 Å². The summed E-state index contributed by atoms with van der Waals surface area (Å²) in [6, 6.07) is 20.6. The maximum atomic E-state index is 12.9. The van der Waals surface area contributed by atoms with E-state index in [2.05, 4.69) is 16.6 Å². The molecule has 1 saturated heterocycles. The van der Waals surface area contributed by atoms with Crippen LogP contribution in [-0.2, 0) is 11.4 Å². The standard InChI is InChI=1S/C25H20ClN3O2S/c1-2-15-29-24(30)22(32-25(29)28-23-9-5-6-14-27-23)16-18-10-12-20(13-11-18)31-17-19-7-3-4-8-21(19)26/h2-14,16H,1,15,17H2/b22-16-,28-25+. The molecule has 5 nitrogen and oxygen atoms in total. The number of thioether (sulfide) groups is 1. The van der Waals surface area contributed by atoms with Gasteiger partial charge in [-0.1, -0.05) is 54.1 Å². The minimum absolute atomic E-state index is 0.108. The molecule has 1 aromatic heterocycles. The van der Waals surface area contributed by atoms with Crippen LogP contribution in [0.25, 0.3) is 6.08 Å². The van der Waals surface area contributed by atoms with Crippen LogP contribution >= 0.6 is 23.4 Å². The summed E-state index contributed by atoms with van der Waals surface area (Å²) in [6.45, 7) is 4.51. The monoisotopic (exact) mass is 461 g/mol. The second kappa shape index (κ2) is 10.3. The van der Waals surface area contributed by atoms with Crippen molar-refractivity contribution in [3.8, 4) is 5.75 Å². The van der Waals surface area contributed by atoms with E-state index in [-0.39, 0.29) is 5.91 Å². The highest BCUT2D eigenvalue weighted by atomic mass is 35.5. The fourth-order valence-corrected chi connectivity index (χ4v) is 4.17. The van der Waals surface area contributed by atoms with Crippen LogP contribution in [0.15, 0.2) is 95.5 Å². The van der Waals surface area contributed by atoms with Gasteiger partial charge in [0.05, 0.1) is 4.91 Å². The fourth-order valence-electron chi connectivity index (χ4n) is 2.99. The van der Waals surface area contributed by atoms with Crippen LogP contribution in [0.5, 0.6) is 5.75 Å². The van der Waals surface area contributed by atoms with Crippen molar-refractivity contribution < 1.29 is 9.53 Å². The van der Waals surface area contributed by atoms with Gasteiger partial charge >= 0.3 is 0 Å². The summed E-state index contributed by atoms with van der Waals surface area (Å²) in [5, 5.41) is 1.26. The van der Waals surface area contributed by atoms with Gasteiger partial charge in [0.15, 0.2) is 11.0 Å². The average molecular weight is 462 g/mol. The van der Waals surface area contributed by atoms with Crippen LogP contribution in [0.2, 0.25) is 5.02 Å². The van der Waals surface area contributed by atoms with E-state index in [1.54, 1.807) is 23.2 Å². The third kappa shape index (κ3) is 5.28. The highest BCUT2D eigenvalue weighted by molar-refractivity contribution is 8.18. The van der Waals surface area contributed by atoms with Crippen molar-refractivity contribution in [2.75, 3.05) is 6.54 Å². The van der Waals surface area contributed by atoms with E-state index >= 15 is 0 Å². The number of benzene rings is 2. The van der Waals surface area contributed by atoms with Crippen molar-refractivity contribution >= 4 is 46.3 Å². The first-order valence-electron chi connectivity index (χ1n) is 9.92. The van der Waals surface area contributed by atoms with Crippen molar-refractivity contribution in [1.29, 1.82) is 0 Å². The molecule has 2 aromatic carbocycles. The number of amides is 1. The number of aliphatic imine (C=N–C) groups is 1. The van der Waals surface area contributed by atoms with Gasteiger partial charge in [-0.3, -0.25) is 9.69 Å². The number of amidine groups is 1. The van der Waals surface area contributed by atoms with E-state index in [1.165, 1.54) is 11.8 Å². The van der Waals surface area contributed by atoms with Crippen molar-refractivity contribution in [3.05, 3.63) is 107 Å². The highest BCUT2D eigenvalue weighted by Crippen LogP contribution is 2.34. The predicted molar refractivity (Wildman–Crippen MR) is 131 cm³/mol. The Labute approximate surface area is 196 Å². The number of ether oxygens (including phenoxy) is 1. The Bertz CT molecular complexity index is 1180. The van der Waals surface area contributed by atoms with Gasteiger partial charge in [-0.15, -0.1) is 6.58 Å². The van der Waals surface area contributed by atoms with Crippen molar-refractivity contribution in [2.24, 2.45) is 4.99 Å². The molecule has 1 aliphatic heterocycles. The molecule has 1 fully saturated rings. The number of hydrogen-bond acceptors (Lipinski definition) is 5. The molecule has 0 atom stereocenters. The Morgan fingerprint density at radius 2 is 1.88 bits per heavy atom. The number of carbonyl (C=O) groups excluding carboxylic acids is 1. The highest BCUT2D eigenvalue weighted by Gasteiger charge is 2.32. The molecule has 0 radical (unpaired) electrons. The number of pyridine rings is 1. The number of carbonyl (C=O) groups is 1. The third-order valence-electron chi connectivity index (χ3n) is 4.59. The van der Waals surface area contributed by atoms with E-state index in [1.807, 2.05) is 66.7 Å². The zero-order valence-corrected chi connectivity index (χ0v) is 18.7. The molecule has 0 saturated carbocycles. The van der Waals surface area contributed by atoms with Gasteiger partial charge < -0.3 is 4.74 Å². The van der Waals surface area contributed by atoms with E-state index in [0.717, 1.165) is 16.9 Å². The van der Waals surface area contributed by atoms with Crippen molar-refractivity contribution in [3.63, 3.8) is 0 Å². The molecular weight excluding hydrogens is 442 g/mol. The van der Waals surface area contributed by atoms with Gasteiger partial charge in [0.25, 0.3) is 5.91 Å². The van der Waals surface area contributed by atoms with E-state index < -0.39 is 0 Å². The van der Waals surface area contributed by atoms with Crippen molar-refractivity contribution in [1.82, 2.24) is 9.88 Å². The summed E-state index contributed by atoms with van der Waals surface area (Å²) >= 11 is 7.50. The molecule has 2 heterocycles. The van der Waals surface area contributed by atoms with E-state index in [0.29, 0.717) is 34.1 Å². The number of rotatable bonds is 7. The second-order valence-corrected chi connectivity index (χ2v) is 8.26. The molecule has 7 heteroatoms. The molecule has 32 heavy (non-hydrogen) atoms. The average Bonchev–Trinajstić information content (AvgIpc) is 3.09. The van der Waals surface area contributed by atoms with E-state index in [9.17, 15) is 4.79 Å². The quantitative estimate of drug-likeness (QED) is 0.315. The number of halogens is 1. The zero-order chi connectivity index (χ0) is 22.3. The van der Waals surface area contributed by atoms with Crippen LogP contribution in [0, 0.1) is 0 Å². The molecule has 1 aliphatic rings. The molecule has 0 spiro atoms. The van der Waals surface area contributed by atoms with Gasteiger partial charge in [-0.25, -0.2) is 9.98 Å². The molecule has 3 aromatic rings. The molecule has 160 valence electrons. The second-order valence-electron chi connectivity index (χ2n) is 6.85. The largest absolute Gasteiger partial charge is 0.489 e. The Balaban J connectivity index is 1.49. The summed E-state index contributed by atoms with van der Waals surface area (Å²) in [5.74, 6) is 1.17. The fraction of sp³-hybridized carbons (Fsp3) is 0.0800. The van der Waals surface area contributed by atoms with Crippen LogP contribution in [0.1, 0.15) is 11.1 Å². The van der Waals surface area contributed by atoms with E-state index in [4.69, 9.17) is 16.3 Å². The Morgan fingerprint density at radius 1 is 1.09 bits per heavy atom. The van der Waals surface area contributed by atoms with Crippen LogP contribution in [0.4, 0.5) is 5.82 Å². The summed E-state index contributed by atoms with van der Waals surface area (Å²) in [7, 11) is 0. The minimum Gasteiger partial charge on any atom is -0.489 e. The smallest absolute Gasteiger partial charge is 0.267 e. The van der Waals surface area contributed by atoms with Crippen LogP contribution in [-0.4, -0.2) is 27.5 Å². The molecule has 0 unspecified atom stereocenters. The Morgan fingerprint density at radius 3 is 2.59 bits per heavy atom. The van der Waals surface area contributed by atoms with Gasteiger partial charge in [0.1, 0.15) is 12.4 Å². The maximum Gasteiger partial charge on any atom is 0.267 e. The lowest BCUT2D eigenvalue weighted by Crippen LogP contribution is -2.29. The topological polar surface area (TPSA) is 54.8 Å². The zero-order valence-electron chi connectivity index (χ0n) is 17.1. The minimum atomic E-state index is -0.108. The lowest BCUT2D eigenvalue weighted by molar-refractivity contribution is -0.121. The number of aromatic nitrogens is 1. The SMILES string of the molecule is C=CCN1C(=O)/C(=C/c2ccc(OCc3ccccc3Cl)cc2)S/C1=N/c1ccccn1. The molecular formula is C25H20ClN3O2S. The Kier molecular flexibility index (Phi) is 7.04. The van der Waals surface area contributed by atoms with Gasteiger partial charge in [0, 0.05) is 23.3 Å². The Hall–Kier alpha value is -3.35. The molecule has 0 aliphatic carbocycles. The summed E-state index contributed by atoms with van der Waals surface area (Å²) in [5.41, 5.74) is 1.82. The lowest BCUT2D eigenvalue weighted by atomic mass is 10.2. The van der Waals surface area contributed by atoms with Gasteiger partial charge in [0.2, 0.25) is 0 Å². The first kappa shape index (κ1) is 21.9.